The molecule has 0 spiro atoms. The number of benzene rings is 1. The van der Waals surface area contributed by atoms with Gasteiger partial charge in [0.1, 0.15) is 16.4 Å². The minimum Gasteiger partial charge on any atom is -0.394 e. The van der Waals surface area contributed by atoms with E-state index in [4.69, 9.17) is 5.73 Å². The van der Waals surface area contributed by atoms with Crippen molar-refractivity contribution in [2.75, 3.05) is 19.3 Å². The maximum Gasteiger partial charge on any atom is 0.245 e. The van der Waals surface area contributed by atoms with Crippen molar-refractivity contribution in [1.29, 1.82) is 0 Å². The lowest BCUT2D eigenvalue weighted by molar-refractivity contribution is 0.299. The maximum absolute atomic E-state index is 13.9. The van der Waals surface area contributed by atoms with E-state index in [-0.39, 0.29) is 0 Å². The number of hydrogen-bond donors (Lipinski definition) is 1. The van der Waals surface area contributed by atoms with Crippen LogP contribution in [0.25, 0.3) is 0 Å². The number of nitrogens with zero attached hydrogens (tertiary/aromatic N) is 1. The van der Waals surface area contributed by atoms with Gasteiger partial charge in [0.05, 0.1) is 0 Å². The lowest BCUT2D eigenvalue weighted by Crippen LogP contribution is -2.33. The Morgan fingerprint density at radius 2 is 1.86 bits per heavy atom. The predicted molar refractivity (Wildman–Crippen MR) is 77.2 cm³/mol. The van der Waals surface area contributed by atoms with Crippen molar-refractivity contribution in [1.82, 2.24) is 4.31 Å². The average molecular weight is 318 g/mol. The van der Waals surface area contributed by atoms with Crippen molar-refractivity contribution in [3.63, 3.8) is 0 Å². The molecule has 2 rings (SSSR count). The molecular weight excluding hydrogens is 298 g/mol. The zero-order chi connectivity index (χ0) is 15.6. The largest absolute Gasteiger partial charge is 0.394 e. The van der Waals surface area contributed by atoms with Gasteiger partial charge in [0.2, 0.25) is 10.0 Å². The Labute approximate surface area is 124 Å². The van der Waals surface area contributed by atoms with Crippen molar-refractivity contribution in [2.45, 2.75) is 37.0 Å². The number of nitrogen functional groups attached to an aromatic ring is 1. The second-order valence-corrected chi connectivity index (χ2v) is 7.58. The van der Waals surface area contributed by atoms with Crippen LogP contribution in [0.15, 0.2) is 17.0 Å². The van der Waals surface area contributed by atoms with E-state index in [2.05, 4.69) is 0 Å². The van der Waals surface area contributed by atoms with Crippen LogP contribution in [0.5, 0.6) is 0 Å². The SMILES string of the molecule is CN(CC1CCCCC1)S(=O)(=O)c1ccc(F)c(N)c1F. The summed E-state index contributed by atoms with van der Waals surface area (Å²) in [5, 5.41) is 0. The van der Waals surface area contributed by atoms with E-state index >= 15 is 0 Å². The summed E-state index contributed by atoms with van der Waals surface area (Å²) in [5.74, 6) is -1.88. The molecule has 4 nitrogen and oxygen atoms in total. The van der Waals surface area contributed by atoms with Gasteiger partial charge in [-0.15, -0.1) is 0 Å². The van der Waals surface area contributed by atoms with Gasteiger partial charge in [-0.2, -0.15) is 0 Å². The summed E-state index contributed by atoms with van der Waals surface area (Å²) in [6.07, 6.45) is 5.32. The Hall–Kier alpha value is -1.21. The van der Waals surface area contributed by atoms with Crippen LogP contribution in [0.2, 0.25) is 0 Å². The molecule has 1 aliphatic carbocycles. The van der Waals surface area contributed by atoms with Crippen LogP contribution in [0.1, 0.15) is 32.1 Å². The van der Waals surface area contributed by atoms with Gasteiger partial charge in [-0.25, -0.2) is 21.5 Å². The van der Waals surface area contributed by atoms with Crippen LogP contribution in [-0.4, -0.2) is 26.3 Å². The highest BCUT2D eigenvalue weighted by atomic mass is 32.2. The molecule has 0 atom stereocenters. The highest BCUT2D eigenvalue weighted by Crippen LogP contribution is 2.28. The maximum atomic E-state index is 13.9. The first-order valence-electron chi connectivity index (χ1n) is 7.04. The van der Waals surface area contributed by atoms with Crippen molar-refractivity contribution in [3.8, 4) is 0 Å². The molecule has 1 aliphatic rings. The Balaban J connectivity index is 2.22. The van der Waals surface area contributed by atoms with Gasteiger partial charge >= 0.3 is 0 Å². The monoisotopic (exact) mass is 318 g/mol. The van der Waals surface area contributed by atoms with Gasteiger partial charge < -0.3 is 5.73 Å². The lowest BCUT2D eigenvalue weighted by atomic mass is 9.89. The standard InChI is InChI=1S/C14H20F2N2O2S/c1-18(9-10-5-3-2-4-6-10)21(19,20)12-8-7-11(15)14(17)13(12)16/h7-8,10H,2-6,9,17H2,1H3. The molecule has 0 amide bonds. The smallest absolute Gasteiger partial charge is 0.245 e. The first kappa shape index (κ1) is 16.2. The Morgan fingerprint density at radius 3 is 2.48 bits per heavy atom. The summed E-state index contributed by atoms with van der Waals surface area (Å²) in [6, 6.07) is 1.80. The van der Waals surface area contributed by atoms with Crippen molar-refractivity contribution in [3.05, 3.63) is 23.8 Å². The molecule has 0 bridgehead atoms. The predicted octanol–water partition coefficient (Wildman–Crippen LogP) is 2.75. The number of hydrogen-bond acceptors (Lipinski definition) is 3. The van der Waals surface area contributed by atoms with E-state index in [1.54, 1.807) is 0 Å². The van der Waals surface area contributed by atoms with Crippen molar-refractivity contribution < 1.29 is 17.2 Å². The molecule has 21 heavy (non-hydrogen) atoms. The molecular formula is C14H20F2N2O2S. The van der Waals surface area contributed by atoms with E-state index in [0.717, 1.165) is 42.1 Å². The fraction of sp³-hybridized carbons (Fsp3) is 0.571. The van der Waals surface area contributed by atoms with E-state index in [1.807, 2.05) is 0 Å². The molecule has 0 saturated heterocycles. The van der Waals surface area contributed by atoms with Crippen LogP contribution in [0.4, 0.5) is 14.5 Å². The number of sulfonamides is 1. The normalized spacial score (nSPS) is 17.3. The molecule has 2 N–H and O–H groups in total. The van der Waals surface area contributed by atoms with Gasteiger partial charge in [-0.05, 0) is 30.9 Å². The molecule has 1 aromatic carbocycles. The number of anilines is 1. The number of nitrogens with two attached hydrogens (primary N) is 1. The molecule has 0 heterocycles. The molecule has 1 fully saturated rings. The zero-order valence-electron chi connectivity index (χ0n) is 12.0. The minimum absolute atomic E-state index is 0.291. The van der Waals surface area contributed by atoms with Crippen LogP contribution in [-0.2, 0) is 10.0 Å². The van der Waals surface area contributed by atoms with Crippen LogP contribution < -0.4 is 5.73 Å². The van der Waals surface area contributed by atoms with E-state index in [1.165, 1.54) is 13.5 Å². The van der Waals surface area contributed by atoms with Gasteiger partial charge in [-0.1, -0.05) is 19.3 Å². The summed E-state index contributed by atoms with van der Waals surface area (Å²) >= 11 is 0. The second kappa shape index (κ2) is 6.27. The molecule has 0 radical (unpaired) electrons. The third-order valence-corrected chi connectivity index (χ3v) is 5.86. The highest BCUT2D eigenvalue weighted by Gasteiger charge is 2.28. The first-order chi connectivity index (χ1) is 9.84. The Bertz CT molecular complexity index is 614. The first-order valence-corrected chi connectivity index (χ1v) is 8.48. The van der Waals surface area contributed by atoms with Gasteiger partial charge in [0.25, 0.3) is 0 Å². The number of halogens is 2. The molecule has 0 aromatic heterocycles. The zero-order valence-corrected chi connectivity index (χ0v) is 12.8. The summed E-state index contributed by atoms with van der Waals surface area (Å²) in [7, 11) is -2.58. The Kier molecular flexibility index (Phi) is 4.83. The van der Waals surface area contributed by atoms with Crippen molar-refractivity contribution >= 4 is 15.7 Å². The number of rotatable bonds is 4. The highest BCUT2D eigenvalue weighted by molar-refractivity contribution is 7.89. The molecule has 118 valence electrons. The van der Waals surface area contributed by atoms with Crippen LogP contribution in [0, 0.1) is 17.6 Å². The van der Waals surface area contributed by atoms with Gasteiger partial charge in [-0.3, -0.25) is 0 Å². The lowest BCUT2D eigenvalue weighted by Gasteiger charge is -2.26. The van der Waals surface area contributed by atoms with Crippen LogP contribution >= 0.6 is 0 Å². The second-order valence-electron chi connectivity index (χ2n) is 5.56. The van der Waals surface area contributed by atoms with Crippen molar-refractivity contribution in [2.24, 2.45) is 5.92 Å². The van der Waals surface area contributed by atoms with E-state index in [9.17, 15) is 17.2 Å². The quantitative estimate of drug-likeness (QED) is 0.868. The third-order valence-electron chi connectivity index (χ3n) is 4.02. The van der Waals surface area contributed by atoms with Gasteiger partial charge in [0.15, 0.2) is 5.82 Å². The summed E-state index contributed by atoms with van der Waals surface area (Å²) in [5.41, 5.74) is 4.47. The molecule has 0 unspecified atom stereocenters. The molecule has 1 saturated carbocycles. The van der Waals surface area contributed by atoms with E-state index in [0.29, 0.717) is 12.5 Å². The third kappa shape index (κ3) is 3.35. The summed E-state index contributed by atoms with van der Waals surface area (Å²) < 4.78 is 53.0. The Morgan fingerprint density at radius 1 is 1.24 bits per heavy atom. The average Bonchev–Trinajstić information content (AvgIpc) is 2.45. The molecule has 7 heteroatoms. The molecule has 0 aliphatic heterocycles. The fourth-order valence-corrected chi connectivity index (χ4v) is 4.07. The van der Waals surface area contributed by atoms with Crippen LogP contribution in [0.3, 0.4) is 0 Å². The van der Waals surface area contributed by atoms with E-state index < -0.39 is 32.2 Å². The van der Waals surface area contributed by atoms with Gasteiger partial charge in [0, 0.05) is 13.6 Å². The minimum atomic E-state index is -4.00. The summed E-state index contributed by atoms with van der Waals surface area (Å²) in [6.45, 7) is 0.346. The topological polar surface area (TPSA) is 63.4 Å². The molecule has 1 aromatic rings. The fourth-order valence-electron chi connectivity index (χ4n) is 2.75. The summed E-state index contributed by atoms with van der Waals surface area (Å²) in [4.78, 5) is -0.570.